The molecule has 41 heavy (non-hydrogen) atoms. The fraction of sp³-hybridized carbons (Fsp3) is 0.548. The molecule has 4 rings (SSSR count). The van der Waals surface area contributed by atoms with Crippen molar-refractivity contribution < 1.29 is 33.8 Å². The molecule has 0 aromatic heterocycles. The van der Waals surface area contributed by atoms with Crippen molar-refractivity contribution in [3.63, 3.8) is 0 Å². The SMILES string of the molecule is C=CCCC(=O)NC[C@@H](C)OC(=O)[C@@H]1[C@H]2C(=O)N(CCO)[C@H](C(=O)N(CC=C)c3c(C)cccc3C)[C@]23CC[C@H]1O3. The number of nitrogens with one attached hydrogen (secondary N) is 1. The third-order valence-electron chi connectivity index (χ3n) is 8.41. The number of para-hydroxylation sites is 1. The second kappa shape index (κ2) is 12.6. The zero-order valence-corrected chi connectivity index (χ0v) is 24.1. The van der Waals surface area contributed by atoms with Crippen molar-refractivity contribution in [2.75, 3.05) is 31.1 Å². The molecule has 0 saturated carbocycles. The number of esters is 1. The van der Waals surface area contributed by atoms with Crippen LogP contribution in [0.4, 0.5) is 5.69 Å². The number of allylic oxidation sites excluding steroid dienone is 1. The number of amides is 3. The van der Waals surface area contributed by atoms with Gasteiger partial charge in [0, 0.05) is 25.2 Å². The number of ether oxygens (including phenoxy) is 2. The Morgan fingerprint density at radius 1 is 1.27 bits per heavy atom. The van der Waals surface area contributed by atoms with Gasteiger partial charge in [0.15, 0.2) is 0 Å². The third-order valence-corrected chi connectivity index (χ3v) is 8.41. The minimum absolute atomic E-state index is 0.0644. The number of aliphatic hydroxyl groups excluding tert-OH is 1. The molecule has 3 saturated heterocycles. The predicted octanol–water partition coefficient (Wildman–Crippen LogP) is 2.20. The standard InChI is InChI=1S/C31H41N3O7/c1-6-8-12-23(36)32-18-21(5)40-30(39)24-22-13-14-31(41-22)25(24)28(37)34(16-17-35)27(31)29(38)33(15-7-2)26-19(3)10-9-11-20(26)4/h6-7,9-11,21-22,24-25,27,35H,1-2,8,12-18H2,3-5H3,(H,32,36)/t21-,22-,24+,25+,27-,31+/m1/s1. The van der Waals surface area contributed by atoms with E-state index in [1.807, 2.05) is 32.0 Å². The van der Waals surface area contributed by atoms with E-state index < -0.39 is 47.6 Å². The highest BCUT2D eigenvalue weighted by Crippen LogP contribution is 2.59. The first-order valence-electron chi connectivity index (χ1n) is 14.3. The van der Waals surface area contributed by atoms with Crippen molar-refractivity contribution in [1.82, 2.24) is 10.2 Å². The molecule has 3 heterocycles. The number of anilines is 1. The fourth-order valence-corrected chi connectivity index (χ4v) is 6.75. The highest BCUT2D eigenvalue weighted by atomic mass is 16.6. The second-order valence-electron chi connectivity index (χ2n) is 11.2. The van der Waals surface area contributed by atoms with Crippen LogP contribution >= 0.6 is 0 Å². The topological polar surface area (TPSA) is 125 Å². The molecular formula is C31H41N3O7. The zero-order valence-electron chi connectivity index (χ0n) is 24.1. The van der Waals surface area contributed by atoms with E-state index in [1.54, 1.807) is 24.0 Å². The Hall–Kier alpha value is -3.50. The number of benzene rings is 1. The van der Waals surface area contributed by atoms with Crippen LogP contribution in [0, 0.1) is 25.7 Å². The van der Waals surface area contributed by atoms with Crippen molar-refractivity contribution in [3.8, 4) is 0 Å². The molecule has 2 bridgehead atoms. The molecule has 1 aromatic rings. The number of fused-ring (bicyclic) bond motifs is 1. The van der Waals surface area contributed by atoms with Gasteiger partial charge in [-0.1, -0.05) is 30.4 Å². The molecule has 3 aliphatic heterocycles. The van der Waals surface area contributed by atoms with Gasteiger partial charge in [-0.25, -0.2) is 0 Å². The number of hydrogen-bond acceptors (Lipinski definition) is 7. The summed E-state index contributed by atoms with van der Waals surface area (Å²) in [6.45, 7) is 12.9. The van der Waals surface area contributed by atoms with Crippen LogP contribution in [-0.4, -0.2) is 83.8 Å². The number of aliphatic hydroxyl groups is 1. The number of β-amino-alcohol motifs (C(OH)–C–C–N with tert-alkyl or cyclic N) is 1. The third kappa shape index (κ3) is 5.55. The van der Waals surface area contributed by atoms with E-state index in [0.717, 1.165) is 16.8 Å². The normalized spacial score (nSPS) is 26.8. The summed E-state index contributed by atoms with van der Waals surface area (Å²) >= 11 is 0. The number of aryl methyl sites for hydroxylation is 2. The lowest BCUT2D eigenvalue weighted by atomic mass is 9.70. The maximum atomic E-state index is 14.4. The van der Waals surface area contributed by atoms with E-state index in [9.17, 15) is 24.3 Å². The average molecular weight is 568 g/mol. The summed E-state index contributed by atoms with van der Waals surface area (Å²) < 4.78 is 12.1. The summed E-state index contributed by atoms with van der Waals surface area (Å²) in [7, 11) is 0. The number of carbonyl (C=O) groups is 4. The smallest absolute Gasteiger partial charge is 0.312 e. The average Bonchev–Trinajstić information content (AvgIpc) is 3.57. The molecule has 0 radical (unpaired) electrons. The molecule has 222 valence electrons. The van der Waals surface area contributed by atoms with Crippen LogP contribution < -0.4 is 10.2 Å². The van der Waals surface area contributed by atoms with Gasteiger partial charge in [0.1, 0.15) is 17.7 Å². The minimum atomic E-state index is -1.21. The summed E-state index contributed by atoms with van der Waals surface area (Å²) in [4.78, 5) is 56.8. The van der Waals surface area contributed by atoms with Crippen molar-refractivity contribution in [3.05, 3.63) is 54.6 Å². The van der Waals surface area contributed by atoms with E-state index in [1.165, 1.54) is 4.90 Å². The first kappa shape index (κ1) is 30.5. The second-order valence-corrected chi connectivity index (χ2v) is 11.2. The maximum absolute atomic E-state index is 14.4. The molecule has 3 fully saturated rings. The monoisotopic (exact) mass is 567 g/mol. The Kier molecular flexibility index (Phi) is 9.34. The van der Waals surface area contributed by atoms with Gasteiger partial charge < -0.3 is 29.7 Å². The van der Waals surface area contributed by atoms with E-state index >= 15 is 0 Å². The first-order chi connectivity index (χ1) is 19.6. The number of carbonyl (C=O) groups excluding carboxylic acids is 4. The zero-order chi connectivity index (χ0) is 29.9. The molecule has 6 atom stereocenters. The molecule has 10 nitrogen and oxygen atoms in total. The highest BCUT2D eigenvalue weighted by Gasteiger charge is 2.75. The summed E-state index contributed by atoms with van der Waals surface area (Å²) in [5.74, 6) is -3.29. The number of nitrogens with zero attached hydrogens (tertiary/aromatic N) is 2. The molecule has 3 amide bonds. The van der Waals surface area contributed by atoms with Crippen LogP contribution in [0.15, 0.2) is 43.5 Å². The molecule has 0 aliphatic carbocycles. The lowest BCUT2D eigenvalue weighted by Crippen LogP contribution is -2.57. The van der Waals surface area contributed by atoms with Gasteiger partial charge in [0.05, 0.1) is 31.1 Å². The van der Waals surface area contributed by atoms with Gasteiger partial charge in [-0.3, -0.25) is 19.2 Å². The van der Waals surface area contributed by atoms with Crippen LogP contribution in [0.25, 0.3) is 0 Å². The van der Waals surface area contributed by atoms with Gasteiger partial charge in [-0.05, 0) is 51.2 Å². The maximum Gasteiger partial charge on any atom is 0.312 e. The minimum Gasteiger partial charge on any atom is -0.460 e. The van der Waals surface area contributed by atoms with Gasteiger partial charge in [0.25, 0.3) is 5.91 Å². The molecular weight excluding hydrogens is 526 g/mol. The molecule has 2 N–H and O–H groups in total. The molecule has 0 unspecified atom stereocenters. The number of rotatable bonds is 13. The Bertz CT molecular complexity index is 1200. The Labute approximate surface area is 241 Å². The summed E-state index contributed by atoms with van der Waals surface area (Å²) in [6.07, 6.45) is 3.87. The Morgan fingerprint density at radius 3 is 2.61 bits per heavy atom. The largest absolute Gasteiger partial charge is 0.460 e. The van der Waals surface area contributed by atoms with Crippen molar-refractivity contribution in [2.45, 2.75) is 70.3 Å². The van der Waals surface area contributed by atoms with Crippen LogP contribution in [0.5, 0.6) is 0 Å². The van der Waals surface area contributed by atoms with Gasteiger partial charge >= 0.3 is 5.97 Å². The quantitative estimate of drug-likeness (QED) is 0.277. The molecule has 3 aliphatic rings. The van der Waals surface area contributed by atoms with Crippen molar-refractivity contribution >= 4 is 29.4 Å². The van der Waals surface area contributed by atoms with Crippen molar-refractivity contribution in [2.24, 2.45) is 11.8 Å². The Balaban J connectivity index is 1.61. The van der Waals surface area contributed by atoms with E-state index in [-0.39, 0.29) is 38.1 Å². The van der Waals surface area contributed by atoms with Crippen LogP contribution in [0.1, 0.15) is 43.7 Å². The van der Waals surface area contributed by atoms with Crippen LogP contribution in [0.3, 0.4) is 0 Å². The van der Waals surface area contributed by atoms with Crippen LogP contribution in [-0.2, 0) is 28.7 Å². The van der Waals surface area contributed by atoms with Gasteiger partial charge in [-0.2, -0.15) is 0 Å². The van der Waals surface area contributed by atoms with E-state index in [4.69, 9.17) is 9.47 Å². The summed E-state index contributed by atoms with van der Waals surface area (Å²) in [5.41, 5.74) is 1.32. The fourth-order valence-electron chi connectivity index (χ4n) is 6.75. The van der Waals surface area contributed by atoms with E-state index in [2.05, 4.69) is 18.5 Å². The van der Waals surface area contributed by atoms with E-state index in [0.29, 0.717) is 25.7 Å². The van der Waals surface area contributed by atoms with Gasteiger partial charge in [-0.15, -0.1) is 13.2 Å². The molecule has 10 heteroatoms. The highest BCUT2D eigenvalue weighted by molar-refractivity contribution is 6.05. The summed E-state index contributed by atoms with van der Waals surface area (Å²) in [5, 5.41) is 12.6. The molecule has 1 spiro atoms. The lowest BCUT2D eigenvalue weighted by Gasteiger charge is -2.37. The van der Waals surface area contributed by atoms with Crippen molar-refractivity contribution in [1.29, 1.82) is 0 Å². The predicted molar refractivity (Wildman–Crippen MR) is 153 cm³/mol. The number of hydrogen-bond donors (Lipinski definition) is 2. The van der Waals surface area contributed by atoms with Crippen LogP contribution in [0.2, 0.25) is 0 Å². The number of likely N-dealkylation sites (tertiary alicyclic amines) is 1. The van der Waals surface area contributed by atoms with Gasteiger partial charge in [0.2, 0.25) is 11.8 Å². The Morgan fingerprint density at radius 2 is 1.98 bits per heavy atom. The first-order valence-corrected chi connectivity index (χ1v) is 14.3. The molecule has 1 aromatic carbocycles. The summed E-state index contributed by atoms with van der Waals surface area (Å²) in [6, 6.07) is 4.74. The lowest BCUT2D eigenvalue weighted by molar-refractivity contribution is -0.159.